The summed E-state index contributed by atoms with van der Waals surface area (Å²) in [7, 11) is 5.51. The minimum absolute atomic E-state index is 0. The van der Waals surface area contributed by atoms with Crippen LogP contribution in [0.3, 0.4) is 0 Å². The molecule has 0 aliphatic heterocycles. The second-order valence-corrected chi connectivity index (χ2v) is 6.02. The molecule has 0 spiro atoms. The summed E-state index contributed by atoms with van der Waals surface area (Å²) < 4.78 is 10.9. The Morgan fingerprint density at radius 3 is 2.37 bits per heavy atom. The molecule has 2 aromatic carbocycles. The lowest BCUT2D eigenvalue weighted by Crippen LogP contribution is -2.38. The Balaban J connectivity index is 0.00000364. The maximum absolute atomic E-state index is 5.43. The molecule has 2 aromatic rings. The Labute approximate surface area is 179 Å². The molecular formula is C21H30IN3O2. The molecule has 0 fully saturated rings. The molecule has 148 valence electrons. The zero-order valence-corrected chi connectivity index (χ0v) is 18.9. The van der Waals surface area contributed by atoms with Crippen molar-refractivity contribution in [2.45, 2.75) is 26.6 Å². The van der Waals surface area contributed by atoms with E-state index in [4.69, 9.17) is 9.47 Å². The van der Waals surface area contributed by atoms with Gasteiger partial charge >= 0.3 is 0 Å². The van der Waals surface area contributed by atoms with E-state index in [0.29, 0.717) is 6.61 Å². The molecule has 0 atom stereocenters. The molecule has 0 amide bonds. The molecule has 5 nitrogen and oxygen atoms in total. The van der Waals surface area contributed by atoms with Crippen molar-refractivity contribution in [3.8, 4) is 5.75 Å². The van der Waals surface area contributed by atoms with Gasteiger partial charge in [0.1, 0.15) is 5.75 Å². The summed E-state index contributed by atoms with van der Waals surface area (Å²) in [5.41, 5.74) is 3.52. The fourth-order valence-corrected chi connectivity index (χ4v) is 2.70. The number of benzene rings is 2. The van der Waals surface area contributed by atoms with Crippen molar-refractivity contribution in [2.24, 2.45) is 4.99 Å². The topological polar surface area (TPSA) is 46.1 Å². The third-order valence-corrected chi connectivity index (χ3v) is 4.12. The zero-order valence-electron chi connectivity index (χ0n) is 16.6. The standard InChI is InChI=1S/C21H29N3O2.HI/c1-5-26-16-18-12-10-17(11-13-18)14-23-21(22-2)24(3)15-19-8-6-7-9-20(19)25-4;/h6-13H,5,14-16H2,1-4H3,(H,22,23);1H. The van der Waals surface area contributed by atoms with Crippen LogP contribution in [-0.2, 0) is 24.4 Å². The normalized spacial score (nSPS) is 10.9. The van der Waals surface area contributed by atoms with E-state index in [0.717, 1.165) is 37.0 Å². The molecule has 0 aliphatic carbocycles. The minimum atomic E-state index is 0. The summed E-state index contributed by atoms with van der Waals surface area (Å²) in [6, 6.07) is 16.5. The van der Waals surface area contributed by atoms with Gasteiger partial charge in [-0.1, -0.05) is 42.5 Å². The predicted octanol–water partition coefficient (Wildman–Crippen LogP) is 4.06. The molecule has 1 N–H and O–H groups in total. The molecule has 0 aromatic heterocycles. The van der Waals surface area contributed by atoms with Crippen molar-refractivity contribution >= 4 is 29.9 Å². The number of para-hydroxylation sites is 1. The van der Waals surface area contributed by atoms with Crippen LogP contribution in [0.4, 0.5) is 0 Å². The Morgan fingerprint density at radius 1 is 1.07 bits per heavy atom. The van der Waals surface area contributed by atoms with Crippen molar-refractivity contribution in [1.82, 2.24) is 10.2 Å². The number of hydrogen-bond acceptors (Lipinski definition) is 3. The molecule has 2 rings (SSSR count). The Hall–Kier alpha value is -1.80. The molecule has 0 bridgehead atoms. The highest BCUT2D eigenvalue weighted by atomic mass is 127. The van der Waals surface area contributed by atoms with Crippen LogP contribution in [0.1, 0.15) is 23.6 Å². The molecular weight excluding hydrogens is 453 g/mol. The molecule has 0 saturated heterocycles. The number of rotatable bonds is 8. The second-order valence-electron chi connectivity index (χ2n) is 6.02. The summed E-state index contributed by atoms with van der Waals surface area (Å²) in [6.07, 6.45) is 0. The van der Waals surface area contributed by atoms with Gasteiger partial charge in [-0.05, 0) is 24.1 Å². The first kappa shape index (κ1) is 23.2. The highest BCUT2D eigenvalue weighted by molar-refractivity contribution is 14.0. The summed E-state index contributed by atoms with van der Waals surface area (Å²) in [5.74, 6) is 1.73. The average molecular weight is 483 g/mol. The van der Waals surface area contributed by atoms with E-state index in [-0.39, 0.29) is 24.0 Å². The van der Waals surface area contributed by atoms with Gasteiger partial charge in [-0.2, -0.15) is 0 Å². The van der Waals surface area contributed by atoms with E-state index in [2.05, 4.69) is 45.5 Å². The van der Waals surface area contributed by atoms with Gasteiger partial charge < -0.3 is 19.7 Å². The average Bonchev–Trinajstić information content (AvgIpc) is 2.68. The number of hydrogen-bond donors (Lipinski definition) is 1. The van der Waals surface area contributed by atoms with Crippen molar-refractivity contribution in [3.63, 3.8) is 0 Å². The fourth-order valence-electron chi connectivity index (χ4n) is 2.70. The number of guanidine groups is 1. The first-order valence-corrected chi connectivity index (χ1v) is 8.87. The molecule has 0 saturated carbocycles. The summed E-state index contributed by atoms with van der Waals surface area (Å²) in [5, 5.41) is 3.41. The van der Waals surface area contributed by atoms with E-state index >= 15 is 0 Å². The van der Waals surface area contributed by atoms with Gasteiger partial charge in [0.15, 0.2) is 5.96 Å². The summed E-state index contributed by atoms with van der Waals surface area (Å²) in [6.45, 7) is 4.84. The molecule has 0 unspecified atom stereocenters. The SMILES string of the molecule is CCOCc1ccc(CNC(=NC)N(C)Cc2ccccc2OC)cc1.I. The smallest absolute Gasteiger partial charge is 0.193 e. The molecule has 27 heavy (non-hydrogen) atoms. The van der Waals surface area contributed by atoms with Gasteiger partial charge in [-0.25, -0.2) is 0 Å². The Morgan fingerprint density at radius 2 is 1.74 bits per heavy atom. The van der Waals surface area contributed by atoms with Gasteiger partial charge in [0.05, 0.1) is 13.7 Å². The number of ether oxygens (including phenoxy) is 2. The lowest BCUT2D eigenvalue weighted by Gasteiger charge is -2.23. The highest BCUT2D eigenvalue weighted by Gasteiger charge is 2.09. The number of halogens is 1. The Bertz CT molecular complexity index is 705. The molecule has 6 heteroatoms. The van der Waals surface area contributed by atoms with E-state index in [1.54, 1.807) is 14.2 Å². The van der Waals surface area contributed by atoms with E-state index in [1.165, 1.54) is 11.1 Å². The highest BCUT2D eigenvalue weighted by Crippen LogP contribution is 2.18. The van der Waals surface area contributed by atoms with Gasteiger partial charge in [0.25, 0.3) is 0 Å². The second kappa shape index (κ2) is 12.6. The molecule has 0 heterocycles. The van der Waals surface area contributed by atoms with E-state index < -0.39 is 0 Å². The van der Waals surface area contributed by atoms with Gasteiger partial charge in [-0.15, -0.1) is 24.0 Å². The number of aliphatic imine (C=N–C) groups is 1. The number of nitrogens with one attached hydrogen (secondary N) is 1. The van der Waals surface area contributed by atoms with Crippen LogP contribution in [0.5, 0.6) is 5.75 Å². The van der Waals surface area contributed by atoms with Crippen LogP contribution in [0.2, 0.25) is 0 Å². The predicted molar refractivity (Wildman–Crippen MR) is 122 cm³/mol. The first-order valence-electron chi connectivity index (χ1n) is 8.87. The van der Waals surface area contributed by atoms with Crippen LogP contribution in [0.25, 0.3) is 0 Å². The zero-order chi connectivity index (χ0) is 18.8. The lowest BCUT2D eigenvalue weighted by atomic mass is 10.1. The first-order chi connectivity index (χ1) is 12.7. The third-order valence-electron chi connectivity index (χ3n) is 4.12. The summed E-state index contributed by atoms with van der Waals surface area (Å²) >= 11 is 0. The quantitative estimate of drug-likeness (QED) is 0.350. The lowest BCUT2D eigenvalue weighted by molar-refractivity contribution is 0.134. The van der Waals surface area contributed by atoms with Gasteiger partial charge in [0.2, 0.25) is 0 Å². The minimum Gasteiger partial charge on any atom is -0.496 e. The van der Waals surface area contributed by atoms with Crippen molar-refractivity contribution in [2.75, 3.05) is 27.8 Å². The number of methoxy groups -OCH3 is 1. The van der Waals surface area contributed by atoms with Crippen LogP contribution >= 0.6 is 24.0 Å². The van der Waals surface area contributed by atoms with Crippen LogP contribution in [0.15, 0.2) is 53.5 Å². The molecule has 0 aliphatic rings. The largest absolute Gasteiger partial charge is 0.496 e. The fraction of sp³-hybridized carbons (Fsp3) is 0.381. The van der Waals surface area contributed by atoms with Gasteiger partial charge in [-0.3, -0.25) is 4.99 Å². The maximum atomic E-state index is 5.43. The number of nitrogens with zero attached hydrogens (tertiary/aromatic N) is 2. The van der Waals surface area contributed by atoms with E-state index in [9.17, 15) is 0 Å². The molecule has 0 radical (unpaired) electrons. The van der Waals surface area contributed by atoms with Crippen LogP contribution < -0.4 is 10.1 Å². The summed E-state index contributed by atoms with van der Waals surface area (Å²) in [4.78, 5) is 6.47. The van der Waals surface area contributed by atoms with Crippen molar-refractivity contribution in [1.29, 1.82) is 0 Å². The van der Waals surface area contributed by atoms with E-state index in [1.807, 2.05) is 32.2 Å². The monoisotopic (exact) mass is 483 g/mol. The Kier molecular flexibility index (Phi) is 10.8. The third kappa shape index (κ3) is 7.38. The van der Waals surface area contributed by atoms with Gasteiger partial charge in [0, 0.05) is 39.4 Å². The van der Waals surface area contributed by atoms with Crippen molar-refractivity contribution in [3.05, 3.63) is 65.2 Å². The van der Waals surface area contributed by atoms with Crippen LogP contribution in [0, 0.1) is 0 Å². The van der Waals surface area contributed by atoms with Crippen molar-refractivity contribution < 1.29 is 9.47 Å². The maximum Gasteiger partial charge on any atom is 0.193 e. The van der Waals surface area contributed by atoms with Crippen LogP contribution in [-0.4, -0.2) is 38.7 Å².